The van der Waals surface area contributed by atoms with Gasteiger partial charge in [0.05, 0.1) is 11.1 Å². The number of carbonyl (C=O) groups excluding carboxylic acids is 1. The summed E-state index contributed by atoms with van der Waals surface area (Å²) < 4.78 is 5.26. The van der Waals surface area contributed by atoms with Gasteiger partial charge in [0, 0.05) is 17.6 Å². The van der Waals surface area contributed by atoms with E-state index in [9.17, 15) is 9.90 Å². The summed E-state index contributed by atoms with van der Waals surface area (Å²) in [5, 5.41) is 12.9. The topological polar surface area (TPSA) is 58.6 Å². The van der Waals surface area contributed by atoms with Gasteiger partial charge in [0.25, 0.3) is 5.91 Å². The van der Waals surface area contributed by atoms with Crippen LogP contribution in [0.2, 0.25) is 10.0 Å². The Morgan fingerprint density at radius 3 is 2.89 bits per heavy atom. The van der Waals surface area contributed by atoms with Gasteiger partial charge in [-0.05, 0) is 18.6 Å². The van der Waals surface area contributed by atoms with Crippen LogP contribution in [0, 0.1) is 0 Å². The summed E-state index contributed by atoms with van der Waals surface area (Å²) in [7, 11) is 0. The average Bonchev–Trinajstić information content (AvgIpc) is 2.38. The second-order valence-electron chi connectivity index (χ2n) is 4.11. The maximum Gasteiger partial charge on any atom is 0.258 e. The Morgan fingerprint density at radius 1 is 1.47 bits per heavy atom. The van der Waals surface area contributed by atoms with Crippen LogP contribution in [-0.4, -0.2) is 30.3 Å². The first kappa shape index (κ1) is 16.1. The normalized spacial score (nSPS) is 12.0. The molecule has 0 fully saturated rings. The fourth-order valence-corrected chi connectivity index (χ4v) is 1.78. The zero-order chi connectivity index (χ0) is 14.3. The third kappa shape index (κ3) is 6.14. The molecule has 2 N–H and O–H groups in total. The molecule has 1 rings (SSSR count). The molecule has 0 radical (unpaired) electrons. The molecule has 1 aromatic rings. The molecule has 1 unspecified atom stereocenters. The Hall–Kier alpha value is -0.970. The third-order valence-corrected chi connectivity index (χ3v) is 2.96. The minimum atomic E-state index is -0.524. The molecule has 0 heterocycles. The van der Waals surface area contributed by atoms with Crippen molar-refractivity contribution in [2.45, 2.75) is 25.9 Å². The Bertz CT molecular complexity index is 426. The number of carbonyl (C=O) groups is 1. The summed E-state index contributed by atoms with van der Waals surface area (Å²) in [6.07, 6.45) is 0.996. The molecule has 19 heavy (non-hydrogen) atoms. The van der Waals surface area contributed by atoms with Crippen molar-refractivity contribution in [3.05, 3.63) is 28.2 Å². The van der Waals surface area contributed by atoms with E-state index >= 15 is 0 Å². The van der Waals surface area contributed by atoms with E-state index in [0.29, 0.717) is 22.2 Å². The van der Waals surface area contributed by atoms with Crippen molar-refractivity contribution in [2.24, 2.45) is 0 Å². The summed E-state index contributed by atoms with van der Waals surface area (Å²) in [6, 6.07) is 4.78. The van der Waals surface area contributed by atoms with Crippen LogP contribution >= 0.6 is 23.2 Å². The second-order valence-corrected chi connectivity index (χ2v) is 4.95. The first-order valence-corrected chi connectivity index (χ1v) is 6.81. The van der Waals surface area contributed by atoms with E-state index in [1.165, 1.54) is 0 Å². The number of nitrogens with one attached hydrogen (secondary N) is 1. The fourth-order valence-electron chi connectivity index (χ4n) is 1.45. The molecule has 4 nitrogen and oxygen atoms in total. The van der Waals surface area contributed by atoms with Gasteiger partial charge >= 0.3 is 0 Å². The number of hydrogen-bond acceptors (Lipinski definition) is 3. The Morgan fingerprint density at radius 2 is 2.21 bits per heavy atom. The second kappa shape index (κ2) is 8.25. The lowest BCUT2D eigenvalue weighted by atomic mass is 10.2. The van der Waals surface area contributed by atoms with Crippen molar-refractivity contribution in [1.29, 1.82) is 0 Å². The number of halogens is 2. The van der Waals surface area contributed by atoms with Gasteiger partial charge in [-0.3, -0.25) is 4.79 Å². The van der Waals surface area contributed by atoms with Crippen LogP contribution in [0.15, 0.2) is 18.2 Å². The summed E-state index contributed by atoms with van der Waals surface area (Å²) >= 11 is 11.7. The number of rotatable bonds is 7. The van der Waals surface area contributed by atoms with Gasteiger partial charge in [-0.25, -0.2) is 0 Å². The monoisotopic (exact) mass is 305 g/mol. The molecular formula is C13H17Cl2NO3. The van der Waals surface area contributed by atoms with E-state index in [1.54, 1.807) is 18.2 Å². The van der Waals surface area contributed by atoms with Gasteiger partial charge in [-0.15, -0.1) is 0 Å². The van der Waals surface area contributed by atoms with Crippen LogP contribution in [0.25, 0.3) is 0 Å². The van der Waals surface area contributed by atoms with Crippen LogP contribution in [0.1, 0.15) is 19.8 Å². The van der Waals surface area contributed by atoms with Crippen LogP contribution in [0.4, 0.5) is 0 Å². The average molecular weight is 306 g/mol. The largest absolute Gasteiger partial charge is 0.482 e. The van der Waals surface area contributed by atoms with Crippen molar-refractivity contribution < 1.29 is 14.6 Å². The number of ether oxygens (including phenoxy) is 1. The van der Waals surface area contributed by atoms with Crippen molar-refractivity contribution in [1.82, 2.24) is 5.32 Å². The highest BCUT2D eigenvalue weighted by atomic mass is 35.5. The van der Waals surface area contributed by atoms with E-state index in [-0.39, 0.29) is 19.1 Å². The molecule has 0 aromatic heterocycles. The maximum atomic E-state index is 11.5. The number of aliphatic hydroxyl groups excluding tert-OH is 1. The molecule has 0 aliphatic carbocycles. The van der Waals surface area contributed by atoms with Crippen LogP contribution in [0.5, 0.6) is 5.75 Å². The van der Waals surface area contributed by atoms with Gasteiger partial charge in [-0.2, -0.15) is 0 Å². The molecule has 0 spiro atoms. The minimum Gasteiger partial charge on any atom is -0.482 e. The van der Waals surface area contributed by atoms with E-state index < -0.39 is 6.10 Å². The highest BCUT2D eigenvalue weighted by molar-refractivity contribution is 6.34. The van der Waals surface area contributed by atoms with Gasteiger partial charge in [0.15, 0.2) is 6.61 Å². The smallest absolute Gasteiger partial charge is 0.258 e. The molecule has 0 aliphatic rings. The minimum absolute atomic E-state index is 0.168. The number of amides is 1. The standard InChI is InChI=1S/C13H17Cl2NO3/c1-2-3-10(17)7-16-13(18)8-19-12-6-9(14)4-5-11(12)15/h4-6,10,17H,2-3,7-8H2,1H3,(H,16,18). The van der Waals surface area contributed by atoms with Crippen molar-refractivity contribution in [3.63, 3.8) is 0 Å². The molecular weight excluding hydrogens is 289 g/mol. The highest BCUT2D eigenvalue weighted by Gasteiger charge is 2.08. The molecule has 0 aliphatic heterocycles. The van der Waals surface area contributed by atoms with Crippen molar-refractivity contribution in [2.75, 3.05) is 13.2 Å². The number of hydrogen-bond donors (Lipinski definition) is 2. The lowest BCUT2D eigenvalue weighted by Crippen LogP contribution is -2.35. The van der Waals surface area contributed by atoms with Gasteiger partial charge in [0.1, 0.15) is 5.75 Å². The van der Waals surface area contributed by atoms with Crippen LogP contribution in [0.3, 0.4) is 0 Å². The number of benzene rings is 1. The molecule has 0 bridgehead atoms. The van der Waals surface area contributed by atoms with Gasteiger partial charge in [0.2, 0.25) is 0 Å². The fraction of sp³-hybridized carbons (Fsp3) is 0.462. The molecule has 1 aromatic carbocycles. The lowest BCUT2D eigenvalue weighted by molar-refractivity contribution is -0.123. The van der Waals surface area contributed by atoms with Crippen molar-refractivity contribution >= 4 is 29.1 Å². The summed E-state index contributed by atoms with van der Waals surface area (Å²) in [4.78, 5) is 11.5. The van der Waals surface area contributed by atoms with Crippen LogP contribution in [-0.2, 0) is 4.79 Å². The van der Waals surface area contributed by atoms with E-state index in [2.05, 4.69) is 5.32 Å². The molecule has 1 atom stereocenters. The maximum absolute atomic E-state index is 11.5. The first-order valence-electron chi connectivity index (χ1n) is 6.05. The lowest BCUT2D eigenvalue weighted by Gasteiger charge is -2.12. The van der Waals surface area contributed by atoms with E-state index in [0.717, 1.165) is 6.42 Å². The van der Waals surface area contributed by atoms with Gasteiger partial charge in [-0.1, -0.05) is 36.5 Å². The molecule has 0 saturated heterocycles. The van der Waals surface area contributed by atoms with Crippen molar-refractivity contribution in [3.8, 4) is 5.75 Å². The Kier molecular flexibility index (Phi) is 6.99. The Labute approximate surface area is 122 Å². The van der Waals surface area contributed by atoms with Gasteiger partial charge < -0.3 is 15.2 Å². The predicted octanol–water partition coefficient (Wildman–Crippen LogP) is 2.65. The summed E-state index contributed by atoms with van der Waals surface area (Å²) in [6.45, 7) is 2.02. The molecule has 6 heteroatoms. The molecule has 106 valence electrons. The van der Waals surface area contributed by atoms with Crippen LogP contribution < -0.4 is 10.1 Å². The quantitative estimate of drug-likeness (QED) is 0.814. The van der Waals surface area contributed by atoms with E-state index in [1.807, 2.05) is 6.92 Å². The SMILES string of the molecule is CCCC(O)CNC(=O)COc1cc(Cl)ccc1Cl. The Balaban J connectivity index is 2.35. The number of aliphatic hydroxyl groups is 1. The summed E-state index contributed by atoms with van der Waals surface area (Å²) in [5.74, 6) is 0.0459. The zero-order valence-electron chi connectivity index (χ0n) is 10.7. The van der Waals surface area contributed by atoms with E-state index in [4.69, 9.17) is 27.9 Å². The zero-order valence-corrected chi connectivity index (χ0v) is 12.2. The molecule has 1 amide bonds. The first-order chi connectivity index (χ1) is 9.02. The third-order valence-electron chi connectivity index (χ3n) is 2.41. The predicted molar refractivity (Wildman–Crippen MR) is 75.9 cm³/mol. The molecule has 0 saturated carbocycles. The highest BCUT2D eigenvalue weighted by Crippen LogP contribution is 2.27. The summed E-state index contributed by atoms with van der Waals surface area (Å²) in [5.41, 5.74) is 0.